The third-order valence-corrected chi connectivity index (χ3v) is 3.27. The van der Waals surface area contributed by atoms with Crippen LogP contribution < -0.4 is 10.6 Å². The van der Waals surface area contributed by atoms with Gasteiger partial charge in [0.15, 0.2) is 11.0 Å². The molecule has 0 bridgehead atoms. The van der Waals surface area contributed by atoms with Gasteiger partial charge in [-0.1, -0.05) is 23.7 Å². The van der Waals surface area contributed by atoms with Crippen molar-refractivity contribution in [2.45, 2.75) is 6.04 Å². The summed E-state index contributed by atoms with van der Waals surface area (Å²) in [6, 6.07) is 6.95. The van der Waals surface area contributed by atoms with Crippen LogP contribution in [0.5, 0.6) is 0 Å². The minimum atomic E-state index is -0.395. The Bertz CT molecular complexity index is 643. The quantitative estimate of drug-likeness (QED) is 0.870. The van der Waals surface area contributed by atoms with E-state index < -0.39 is 6.04 Å². The van der Waals surface area contributed by atoms with E-state index in [4.69, 9.17) is 16.3 Å². The molecular formula is C13H13ClN4O2. The molecule has 2 aromatic rings. The second-order valence-electron chi connectivity index (χ2n) is 4.42. The first-order chi connectivity index (χ1) is 9.74. The molecule has 20 heavy (non-hydrogen) atoms. The second-order valence-corrected chi connectivity index (χ2v) is 4.78. The molecule has 0 spiro atoms. The number of aromatic nitrogens is 2. The molecular weight excluding hydrogens is 280 g/mol. The summed E-state index contributed by atoms with van der Waals surface area (Å²) in [6.07, 6.45) is 0. The molecule has 2 N–H and O–H groups in total. The third-order valence-electron chi connectivity index (χ3n) is 3.01. The Kier molecular flexibility index (Phi) is 3.77. The number of nitrogens with one attached hydrogen (secondary N) is 2. The van der Waals surface area contributed by atoms with Gasteiger partial charge in [-0.3, -0.25) is 4.79 Å². The van der Waals surface area contributed by atoms with E-state index >= 15 is 0 Å². The monoisotopic (exact) mass is 292 g/mol. The van der Waals surface area contributed by atoms with Crippen LogP contribution >= 0.6 is 11.6 Å². The van der Waals surface area contributed by atoms with Gasteiger partial charge in [-0.05, 0) is 12.1 Å². The second kappa shape index (κ2) is 5.70. The van der Waals surface area contributed by atoms with Crippen molar-refractivity contribution in [1.29, 1.82) is 0 Å². The van der Waals surface area contributed by atoms with Gasteiger partial charge in [-0.15, -0.1) is 0 Å². The lowest BCUT2D eigenvalue weighted by molar-refractivity contribution is -0.120. The van der Waals surface area contributed by atoms with Gasteiger partial charge in [0, 0.05) is 6.54 Å². The predicted molar refractivity (Wildman–Crippen MR) is 75.8 cm³/mol. The van der Waals surface area contributed by atoms with Crippen LogP contribution in [0.1, 0.15) is 0 Å². The number of ether oxygens (including phenoxy) is 1. The Balaban J connectivity index is 1.82. The fourth-order valence-corrected chi connectivity index (χ4v) is 2.18. The lowest BCUT2D eigenvalue weighted by Crippen LogP contribution is -2.49. The van der Waals surface area contributed by atoms with Crippen molar-refractivity contribution in [1.82, 2.24) is 15.3 Å². The number of para-hydroxylation sites is 2. The lowest BCUT2D eigenvalue weighted by atomic mass is 10.2. The fourth-order valence-electron chi connectivity index (χ4n) is 2.00. The summed E-state index contributed by atoms with van der Waals surface area (Å²) in [5, 5.41) is 5.93. The Labute approximate surface area is 120 Å². The molecule has 1 saturated heterocycles. The summed E-state index contributed by atoms with van der Waals surface area (Å²) in [6.45, 7) is 1.60. The van der Waals surface area contributed by atoms with Crippen molar-refractivity contribution in [3.63, 3.8) is 0 Å². The number of fused-ring (bicyclic) bond motifs is 1. The van der Waals surface area contributed by atoms with Crippen molar-refractivity contribution in [3.8, 4) is 0 Å². The summed E-state index contributed by atoms with van der Waals surface area (Å²) >= 11 is 6.05. The Morgan fingerprint density at radius 2 is 2.10 bits per heavy atom. The predicted octanol–water partition coefficient (Wildman–Crippen LogP) is 1.21. The Morgan fingerprint density at radius 3 is 2.80 bits per heavy atom. The SMILES string of the molecule is O=C(Nc1nc2ccccc2nc1Cl)C1COCCN1. The van der Waals surface area contributed by atoms with E-state index in [0.717, 1.165) is 0 Å². The molecule has 0 saturated carbocycles. The number of halogens is 1. The summed E-state index contributed by atoms with van der Waals surface area (Å²) in [5.41, 5.74) is 1.37. The lowest BCUT2D eigenvalue weighted by Gasteiger charge is -2.22. The first kappa shape index (κ1) is 13.2. The van der Waals surface area contributed by atoms with Crippen LogP contribution in [-0.2, 0) is 9.53 Å². The van der Waals surface area contributed by atoms with Crippen LogP contribution in [0, 0.1) is 0 Å². The van der Waals surface area contributed by atoms with Gasteiger partial charge in [-0.2, -0.15) is 0 Å². The molecule has 1 aliphatic heterocycles. The van der Waals surface area contributed by atoms with Gasteiger partial charge in [0.2, 0.25) is 5.91 Å². The van der Waals surface area contributed by atoms with Crippen molar-refractivity contribution in [2.24, 2.45) is 0 Å². The van der Waals surface area contributed by atoms with E-state index in [-0.39, 0.29) is 16.9 Å². The molecule has 1 atom stereocenters. The van der Waals surface area contributed by atoms with Crippen LogP contribution in [0.2, 0.25) is 5.15 Å². The fraction of sp³-hybridized carbons (Fsp3) is 0.308. The van der Waals surface area contributed by atoms with Crippen LogP contribution in [0.4, 0.5) is 5.82 Å². The van der Waals surface area contributed by atoms with Crippen molar-refractivity contribution < 1.29 is 9.53 Å². The summed E-state index contributed by atoms with van der Waals surface area (Å²) in [4.78, 5) is 20.6. The molecule has 1 aliphatic rings. The van der Waals surface area contributed by atoms with E-state index in [0.29, 0.717) is 30.8 Å². The third kappa shape index (κ3) is 2.72. The average molecular weight is 293 g/mol. The first-order valence-electron chi connectivity index (χ1n) is 6.28. The number of amides is 1. The van der Waals surface area contributed by atoms with E-state index in [1.165, 1.54) is 0 Å². The number of benzene rings is 1. The van der Waals surface area contributed by atoms with Crippen LogP contribution in [0.25, 0.3) is 11.0 Å². The highest BCUT2D eigenvalue weighted by Gasteiger charge is 2.22. The molecule has 104 valence electrons. The maximum Gasteiger partial charge on any atom is 0.245 e. The van der Waals surface area contributed by atoms with Crippen molar-refractivity contribution in [3.05, 3.63) is 29.4 Å². The minimum absolute atomic E-state index is 0.175. The largest absolute Gasteiger partial charge is 0.378 e. The van der Waals surface area contributed by atoms with E-state index in [1.807, 2.05) is 24.3 Å². The number of carbonyl (C=O) groups excluding carboxylic acids is 1. The van der Waals surface area contributed by atoms with Gasteiger partial charge in [0.05, 0.1) is 24.2 Å². The van der Waals surface area contributed by atoms with Crippen molar-refractivity contribution in [2.75, 3.05) is 25.1 Å². The molecule has 6 nitrogen and oxygen atoms in total. The van der Waals surface area contributed by atoms with E-state index in [9.17, 15) is 4.79 Å². The average Bonchev–Trinajstić information content (AvgIpc) is 2.49. The Morgan fingerprint density at radius 1 is 1.35 bits per heavy atom. The van der Waals surface area contributed by atoms with Crippen molar-refractivity contribution >= 4 is 34.4 Å². The number of morpholine rings is 1. The van der Waals surface area contributed by atoms with Crippen LogP contribution in [-0.4, -0.2) is 41.7 Å². The van der Waals surface area contributed by atoms with Crippen LogP contribution in [0.3, 0.4) is 0 Å². The summed E-state index contributed by atoms with van der Waals surface area (Å²) in [5.74, 6) is 0.0407. The zero-order valence-electron chi connectivity index (χ0n) is 10.6. The molecule has 0 aliphatic carbocycles. The molecule has 0 radical (unpaired) electrons. The number of hydrogen-bond donors (Lipinski definition) is 2. The smallest absolute Gasteiger partial charge is 0.245 e. The molecule has 1 aromatic heterocycles. The molecule has 2 heterocycles. The molecule has 7 heteroatoms. The number of anilines is 1. The molecule has 1 fully saturated rings. The van der Waals surface area contributed by atoms with Gasteiger partial charge in [0.1, 0.15) is 6.04 Å². The number of hydrogen-bond acceptors (Lipinski definition) is 5. The zero-order valence-corrected chi connectivity index (χ0v) is 11.4. The molecule has 3 rings (SSSR count). The minimum Gasteiger partial charge on any atom is -0.378 e. The maximum atomic E-state index is 12.1. The highest BCUT2D eigenvalue weighted by Crippen LogP contribution is 2.21. The molecule has 1 aromatic carbocycles. The zero-order chi connectivity index (χ0) is 13.9. The van der Waals surface area contributed by atoms with E-state index in [1.54, 1.807) is 0 Å². The van der Waals surface area contributed by atoms with Gasteiger partial charge < -0.3 is 15.4 Å². The molecule has 1 unspecified atom stereocenters. The maximum absolute atomic E-state index is 12.1. The topological polar surface area (TPSA) is 76.1 Å². The van der Waals surface area contributed by atoms with Gasteiger partial charge in [-0.25, -0.2) is 9.97 Å². The normalized spacial score (nSPS) is 18.9. The summed E-state index contributed by atoms with van der Waals surface area (Å²) < 4.78 is 5.25. The van der Waals surface area contributed by atoms with Crippen LogP contribution in [0.15, 0.2) is 24.3 Å². The highest BCUT2D eigenvalue weighted by molar-refractivity contribution is 6.32. The molecule has 1 amide bonds. The Hall–Kier alpha value is -1.76. The number of rotatable bonds is 2. The standard InChI is InChI=1S/C13H13ClN4O2/c14-11-12(17-9-4-2-1-3-8(9)16-11)18-13(19)10-7-20-6-5-15-10/h1-4,10,15H,5-7H2,(H,17,18,19). The first-order valence-corrected chi connectivity index (χ1v) is 6.66. The van der Waals surface area contributed by atoms with Gasteiger partial charge >= 0.3 is 0 Å². The van der Waals surface area contributed by atoms with E-state index in [2.05, 4.69) is 20.6 Å². The van der Waals surface area contributed by atoms with Gasteiger partial charge in [0.25, 0.3) is 0 Å². The number of carbonyl (C=O) groups is 1. The summed E-state index contributed by atoms with van der Waals surface area (Å²) in [7, 11) is 0. The number of nitrogens with zero attached hydrogens (tertiary/aromatic N) is 2. The highest BCUT2D eigenvalue weighted by atomic mass is 35.5.